The number of anilines is 1. The maximum absolute atomic E-state index is 14.1. The number of hydrogen-bond donors (Lipinski definition) is 1. The first-order valence-corrected chi connectivity index (χ1v) is 9.63. The minimum absolute atomic E-state index is 0.0981. The van der Waals surface area contributed by atoms with Crippen LogP contribution in [0.4, 0.5) is 10.1 Å². The normalized spacial score (nSPS) is 15.3. The number of nitrogens with zero attached hydrogens (tertiary/aromatic N) is 3. The number of carbonyl (C=O) groups is 1. The molecule has 0 unspecified atom stereocenters. The minimum atomic E-state index is -0.531. The molecule has 1 N–H and O–H groups in total. The summed E-state index contributed by atoms with van der Waals surface area (Å²) in [7, 11) is 0. The van der Waals surface area contributed by atoms with Gasteiger partial charge in [-0.05, 0) is 42.9 Å². The lowest BCUT2D eigenvalue weighted by Crippen LogP contribution is -2.31. The van der Waals surface area contributed by atoms with Crippen LogP contribution in [0.3, 0.4) is 0 Å². The van der Waals surface area contributed by atoms with Gasteiger partial charge < -0.3 is 5.32 Å². The van der Waals surface area contributed by atoms with Crippen LogP contribution in [0.25, 0.3) is 6.08 Å². The van der Waals surface area contributed by atoms with E-state index in [2.05, 4.69) is 10.4 Å². The minimum Gasteiger partial charge on any atom is -0.327 e. The van der Waals surface area contributed by atoms with Gasteiger partial charge in [-0.3, -0.25) is 4.79 Å². The Kier molecular flexibility index (Phi) is 5.17. The third-order valence-corrected chi connectivity index (χ3v) is 5.23. The molecule has 0 saturated carbocycles. The van der Waals surface area contributed by atoms with Crippen molar-refractivity contribution < 1.29 is 9.18 Å². The first-order valence-electron chi connectivity index (χ1n) is 8.84. The summed E-state index contributed by atoms with van der Waals surface area (Å²) in [5.74, 6) is -0.984. The Morgan fingerprint density at radius 1 is 1.17 bits per heavy atom. The quantitative estimate of drug-likeness (QED) is 0.499. The van der Waals surface area contributed by atoms with Gasteiger partial charge in [0.05, 0.1) is 17.9 Å². The molecule has 1 aliphatic rings. The van der Waals surface area contributed by atoms with E-state index in [-0.39, 0.29) is 16.5 Å². The fraction of sp³-hybridized carbons (Fsp3) is 0.0952. The Morgan fingerprint density at radius 3 is 2.59 bits per heavy atom. The molecule has 0 radical (unpaired) electrons. The van der Waals surface area contributed by atoms with Gasteiger partial charge in [-0.15, -0.1) is 0 Å². The number of nitrogens with one attached hydrogen (secondary N) is 1. The summed E-state index contributed by atoms with van der Waals surface area (Å²) in [6.07, 6.45) is 1.60. The molecule has 146 valence electrons. The standard InChI is InChI=1S/C21H16ClFN4OS/c1-13-15(19(22)26(25-13)12-14-7-3-2-4-8-14)11-17-20(28)27(21(29)24-17)18-10-6-5-9-16(18)23/h2-11H,12H2,1H3,(H,24,29)/b17-11-. The van der Waals surface area contributed by atoms with Crippen LogP contribution in [0.5, 0.6) is 0 Å². The van der Waals surface area contributed by atoms with Crippen molar-refractivity contribution in [2.45, 2.75) is 13.5 Å². The smallest absolute Gasteiger partial charge is 0.281 e. The van der Waals surface area contributed by atoms with E-state index in [0.29, 0.717) is 23.0 Å². The molecule has 1 aromatic heterocycles. The maximum Gasteiger partial charge on any atom is 0.281 e. The van der Waals surface area contributed by atoms with Gasteiger partial charge in [-0.25, -0.2) is 14.0 Å². The molecule has 8 heteroatoms. The fourth-order valence-corrected chi connectivity index (χ4v) is 3.70. The Labute approximate surface area is 177 Å². The maximum atomic E-state index is 14.1. The first kappa shape index (κ1) is 19.3. The molecule has 0 bridgehead atoms. The average molecular weight is 427 g/mol. The highest BCUT2D eigenvalue weighted by molar-refractivity contribution is 7.80. The van der Waals surface area contributed by atoms with E-state index in [0.717, 1.165) is 10.5 Å². The summed E-state index contributed by atoms with van der Waals surface area (Å²) < 4.78 is 15.8. The topological polar surface area (TPSA) is 50.2 Å². The van der Waals surface area contributed by atoms with E-state index in [9.17, 15) is 9.18 Å². The van der Waals surface area contributed by atoms with Crippen molar-refractivity contribution in [1.29, 1.82) is 0 Å². The molecule has 0 atom stereocenters. The third-order valence-electron chi connectivity index (χ3n) is 4.54. The zero-order valence-electron chi connectivity index (χ0n) is 15.4. The zero-order chi connectivity index (χ0) is 20.5. The van der Waals surface area contributed by atoms with Crippen LogP contribution in [0, 0.1) is 12.7 Å². The number of amides is 1. The number of para-hydroxylation sites is 1. The number of rotatable bonds is 4. The fourth-order valence-electron chi connectivity index (χ4n) is 3.12. The molecule has 5 nitrogen and oxygen atoms in total. The Balaban J connectivity index is 1.66. The number of thiocarbonyl (C=S) groups is 1. The Bertz CT molecular complexity index is 1140. The molecule has 1 fully saturated rings. The van der Waals surface area contributed by atoms with Crippen molar-refractivity contribution in [3.63, 3.8) is 0 Å². The van der Waals surface area contributed by atoms with Gasteiger partial charge in [0.25, 0.3) is 5.91 Å². The molecule has 1 saturated heterocycles. The molecule has 0 aliphatic carbocycles. The third kappa shape index (κ3) is 3.66. The van der Waals surface area contributed by atoms with E-state index in [1.165, 1.54) is 12.1 Å². The van der Waals surface area contributed by atoms with Crippen LogP contribution >= 0.6 is 23.8 Å². The molecule has 3 aromatic rings. The van der Waals surface area contributed by atoms with Crippen molar-refractivity contribution in [3.05, 3.63) is 88.1 Å². The lowest BCUT2D eigenvalue weighted by Gasteiger charge is -2.14. The van der Waals surface area contributed by atoms with E-state index < -0.39 is 11.7 Å². The molecule has 4 rings (SSSR count). The van der Waals surface area contributed by atoms with Crippen molar-refractivity contribution in [2.24, 2.45) is 0 Å². The molecule has 2 heterocycles. The van der Waals surface area contributed by atoms with Gasteiger partial charge in [0.15, 0.2) is 5.11 Å². The summed E-state index contributed by atoms with van der Waals surface area (Å²) in [6.45, 7) is 2.32. The van der Waals surface area contributed by atoms with Crippen LogP contribution in [0.1, 0.15) is 16.8 Å². The number of benzene rings is 2. The van der Waals surface area contributed by atoms with Gasteiger partial charge in [-0.1, -0.05) is 54.1 Å². The van der Waals surface area contributed by atoms with Crippen LogP contribution < -0.4 is 10.2 Å². The van der Waals surface area contributed by atoms with Crippen LogP contribution in [-0.4, -0.2) is 20.8 Å². The average Bonchev–Trinajstić information content (AvgIpc) is 3.13. The first-order chi connectivity index (χ1) is 14.0. The summed E-state index contributed by atoms with van der Waals surface area (Å²) in [5, 5.41) is 7.84. The van der Waals surface area contributed by atoms with Crippen molar-refractivity contribution >= 4 is 46.6 Å². The summed E-state index contributed by atoms with van der Waals surface area (Å²) >= 11 is 11.8. The van der Waals surface area contributed by atoms with E-state index in [1.807, 2.05) is 37.3 Å². The highest BCUT2D eigenvalue weighted by Crippen LogP contribution is 2.28. The summed E-state index contributed by atoms with van der Waals surface area (Å²) in [6, 6.07) is 15.8. The van der Waals surface area contributed by atoms with Crippen LogP contribution in [0.2, 0.25) is 5.15 Å². The monoisotopic (exact) mass is 426 g/mol. The SMILES string of the molecule is Cc1nn(Cc2ccccc2)c(Cl)c1/C=C1\NC(=S)N(c2ccccc2F)C1=O. The number of carbonyl (C=O) groups excluding carboxylic acids is 1. The van der Waals surface area contributed by atoms with Crippen molar-refractivity contribution in [3.8, 4) is 0 Å². The van der Waals surface area contributed by atoms with Gasteiger partial charge in [-0.2, -0.15) is 5.10 Å². The van der Waals surface area contributed by atoms with Gasteiger partial charge in [0.2, 0.25) is 0 Å². The van der Waals surface area contributed by atoms with Gasteiger partial charge in [0.1, 0.15) is 16.7 Å². The molecule has 1 aliphatic heterocycles. The van der Waals surface area contributed by atoms with Gasteiger partial charge in [0, 0.05) is 5.56 Å². The molecule has 2 aromatic carbocycles. The van der Waals surface area contributed by atoms with E-state index in [4.69, 9.17) is 23.8 Å². The lowest BCUT2D eigenvalue weighted by molar-refractivity contribution is -0.113. The van der Waals surface area contributed by atoms with E-state index >= 15 is 0 Å². The van der Waals surface area contributed by atoms with Gasteiger partial charge >= 0.3 is 0 Å². The molecular weight excluding hydrogens is 411 g/mol. The predicted molar refractivity (Wildman–Crippen MR) is 115 cm³/mol. The summed E-state index contributed by atoms with van der Waals surface area (Å²) in [4.78, 5) is 14.0. The second-order valence-corrected chi connectivity index (χ2v) is 7.26. The van der Waals surface area contributed by atoms with Crippen LogP contribution in [0.15, 0.2) is 60.3 Å². The summed E-state index contributed by atoms with van der Waals surface area (Å²) in [5.41, 5.74) is 2.64. The number of aromatic nitrogens is 2. The Hall–Kier alpha value is -3.03. The van der Waals surface area contributed by atoms with Crippen molar-refractivity contribution in [1.82, 2.24) is 15.1 Å². The zero-order valence-corrected chi connectivity index (χ0v) is 17.0. The second kappa shape index (κ2) is 7.77. The lowest BCUT2D eigenvalue weighted by atomic mass is 10.2. The van der Waals surface area contributed by atoms with Crippen LogP contribution in [-0.2, 0) is 11.3 Å². The predicted octanol–water partition coefficient (Wildman–Crippen LogP) is 4.29. The molecule has 0 spiro atoms. The molecule has 29 heavy (non-hydrogen) atoms. The van der Waals surface area contributed by atoms with Crippen molar-refractivity contribution in [2.75, 3.05) is 4.90 Å². The highest BCUT2D eigenvalue weighted by atomic mass is 35.5. The number of hydrogen-bond acceptors (Lipinski definition) is 3. The largest absolute Gasteiger partial charge is 0.327 e. The highest BCUT2D eigenvalue weighted by Gasteiger charge is 2.34. The number of aryl methyl sites for hydroxylation is 1. The number of halogens is 2. The van der Waals surface area contributed by atoms with E-state index in [1.54, 1.807) is 22.9 Å². The Morgan fingerprint density at radius 2 is 1.86 bits per heavy atom. The molecule has 1 amide bonds. The second-order valence-electron chi connectivity index (χ2n) is 6.51. The molecular formula is C21H16ClFN4OS.